The van der Waals surface area contributed by atoms with Crippen LogP contribution in [0.2, 0.25) is 0 Å². The summed E-state index contributed by atoms with van der Waals surface area (Å²) in [7, 11) is 4.37. The van der Waals surface area contributed by atoms with Crippen LogP contribution in [0, 0.1) is 0 Å². The highest BCUT2D eigenvalue weighted by Crippen LogP contribution is 2.35. The van der Waals surface area contributed by atoms with Crippen LogP contribution in [0.3, 0.4) is 0 Å². The zero-order valence-electron chi connectivity index (χ0n) is 23.6. The molecule has 0 unspecified atom stereocenters. The largest absolute Gasteiger partial charge is 0.496 e. The number of fused-ring (bicyclic) bond motifs is 2. The summed E-state index contributed by atoms with van der Waals surface area (Å²) >= 11 is 0. The normalized spacial score (nSPS) is 12.0. The van der Waals surface area contributed by atoms with Crippen LogP contribution in [0.4, 0.5) is 0 Å². The fraction of sp³-hybridized carbons (Fsp3) is 0.188. The number of esters is 1. The van der Waals surface area contributed by atoms with Gasteiger partial charge in [-0.2, -0.15) is 9.78 Å². The number of furan rings is 1. The number of carbonyl (C=O) groups excluding carboxylic acids is 1. The number of rotatable bonds is 10. The molecule has 0 bridgehead atoms. The lowest BCUT2D eigenvalue weighted by Gasteiger charge is -2.18. The molecule has 2 heterocycles. The minimum Gasteiger partial charge on any atom is -0.496 e. The first-order chi connectivity index (χ1) is 20.4. The van der Waals surface area contributed by atoms with Crippen molar-refractivity contribution < 1.29 is 28.2 Å². The van der Waals surface area contributed by atoms with E-state index in [1.807, 2.05) is 30.3 Å². The Bertz CT molecular complexity index is 1890. The summed E-state index contributed by atoms with van der Waals surface area (Å²) in [5, 5.41) is 5.69. The fourth-order valence-electron chi connectivity index (χ4n) is 4.58. The number of carbonyl (C=O) groups is 1. The van der Waals surface area contributed by atoms with Gasteiger partial charge < -0.3 is 23.4 Å². The van der Waals surface area contributed by atoms with Crippen molar-refractivity contribution in [1.82, 2.24) is 9.66 Å². The topological polar surface area (TPSA) is 114 Å². The molecule has 0 amide bonds. The van der Waals surface area contributed by atoms with Crippen LogP contribution >= 0.6 is 0 Å². The Morgan fingerprint density at radius 1 is 1.05 bits per heavy atom. The van der Waals surface area contributed by atoms with Crippen molar-refractivity contribution in [2.75, 3.05) is 21.3 Å². The van der Waals surface area contributed by atoms with Crippen molar-refractivity contribution in [3.8, 4) is 28.8 Å². The highest BCUT2D eigenvalue weighted by molar-refractivity contribution is 5.89. The number of methoxy groups -OCH3 is 3. The van der Waals surface area contributed by atoms with Crippen molar-refractivity contribution in [3.05, 3.63) is 94.8 Å². The van der Waals surface area contributed by atoms with Crippen LogP contribution in [0.1, 0.15) is 18.1 Å². The molecule has 42 heavy (non-hydrogen) atoms. The van der Waals surface area contributed by atoms with Gasteiger partial charge in [0.15, 0.2) is 23.4 Å². The SMILES string of the molecule is C=CCc1cc(C=Nn2c(-c3cc4c(OC)cccc4o3)nc3ccccc3c2=O)cc(OC)c1O[C@@H](C)C(=O)OC. The van der Waals surface area contributed by atoms with Crippen LogP contribution in [-0.4, -0.2) is 49.3 Å². The molecule has 10 nitrogen and oxygen atoms in total. The average molecular weight is 568 g/mol. The second-order valence-corrected chi connectivity index (χ2v) is 9.28. The molecule has 0 spiro atoms. The third-order valence-electron chi connectivity index (χ3n) is 6.60. The molecule has 0 saturated carbocycles. The third kappa shape index (κ3) is 5.34. The molecule has 0 aliphatic carbocycles. The molecule has 0 aliphatic heterocycles. The van der Waals surface area contributed by atoms with Gasteiger partial charge in [-0.3, -0.25) is 4.79 Å². The quantitative estimate of drug-likeness (QED) is 0.126. The zero-order chi connectivity index (χ0) is 29.8. The minimum absolute atomic E-state index is 0.221. The van der Waals surface area contributed by atoms with E-state index in [9.17, 15) is 9.59 Å². The van der Waals surface area contributed by atoms with Crippen molar-refractivity contribution >= 4 is 34.1 Å². The van der Waals surface area contributed by atoms with Crippen LogP contribution in [0.5, 0.6) is 17.2 Å². The zero-order valence-corrected chi connectivity index (χ0v) is 23.6. The number of hydrogen-bond donors (Lipinski definition) is 0. The molecule has 5 aromatic rings. The maximum atomic E-state index is 13.7. The van der Waals surface area contributed by atoms with E-state index < -0.39 is 12.1 Å². The average Bonchev–Trinajstić information content (AvgIpc) is 3.45. The molecule has 3 aromatic carbocycles. The predicted molar refractivity (Wildman–Crippen MR) is 160 cm³/mol. The van der Waals surface area contributed by atoms with Crippen LogP contribution in [0.15, 0.2) is 87.6 Å². The van der Waals surface area contributed by atoms with E-state index >= 15 is 0 Å². The van der Waals surface area contributed by atoms with Gasteiger partial charge in [-0.05, 0) is 61.4 Å². The lowest BCUT2D eigenvalue weighted by molar-refractivity contribution is -0.147. The summed E-state index contributed by atoms with van der Waals surface area (Å²) in [5.74, 6) is 1.44. The first-order valence-electron chi connectivity index (χ1n) is 13.1. The van der Waals surface area contributed by atoms with Gasteiger partial charge in [-0.1, -0.05) is 24.3 Å². The summed E-state index contributed by atoms with van der Waals surface area (Å²) in [5.41, 5.74) is 2.03. The van der Waals surface area contributed by atoms with Gasteiger partial charge in [0.25, 0.3) is 5.56 Å². The van der Waals surface area contributed by atoms with Gasteiger partial charge in [-0.25, -0.2) is 9.78 Å². The van der Waals surface area contributed by atoms with Crippen LogP contribution in [0.25, 0.3) is 33.5 Å². The number of benzene rings is 3. The lowest BCUT2D eigenvalue weighted by Crippen LogP contribution is -2.25. The highest BCUT2D eigenvalue weighted by atomic mass is 16.6. The fourth-order valence-corrected chi connectivity index (χ4v) is 4.58. The van der Waals surface area contributed by atoms with Crippen molar-refractivity contribution in [3.63, 3.8) is 0 Å². The van der Waals surface area contributed by atoms with Gasteiger partial charge in [0.05, 0.1) is 43.8 Å². The van der Waals surface area contributed by atoms with Gasteiger partial charge in [0, 0.05) is 5.56 Å². The van der Waals surface area contributed by atoms with Gasteiger partial charge in [0.2, 0.25) is 5.82 Å². The van der Waals surface area contributed by atoms with E-state index in [0.717, 1.165) is 5.39 Å². The second-order valence-electron chi connectivity index (χ2n) is 9.28. The standard InChI is InChI=1S/C32H29N3O7/c1-6-10-21-15-20(16-27(39-4)29(21)41-19(2)32(37)40-5)18-33-35-30(34-24-12-8-7-11-22(24)31(35)36)28-17-23-25(38-3)13-9-14-26(23)42-28/h6-9,11-19H,1,10H2,2-5H3/t19-/m0/s1. The Morgan fingerprint density at radius 3 is 2.57 bits per heavy atom. The summed E-state index contributed by atoms with van der Waals surface area (Å²) in [4.78, 5) is 30.4. The van der Waals surface area contributed by atoms with Gasteiger partial charge in [0.1, 0.15) is 11.3 Å². The molecule has 0 fully saturated rings. The highest BCUT2D eigenvalue weighted by Gasteiger charge is 2.21. The summed E-state index contributed by atoms with van der Waals surface area (Å²) in [6, 6.07) is 17.8. The number of hydrogen-bond acceptors (Lipinski definition) is 9. The monoisotopic (exact) mass is 567 g/mol. The Morgan fingerprint density at radius 2 is 1.83 bits per heavy atom. The van der Waals surface area contributed by atoms with Crippen LogP contribution < -0.4 is 19.8 Å². The van der Waals surface area contributed by atoms with E-state index in [-0.39, 0.29) is 11.4 Å². The van der Waals surface area contributed by atoms with Gasteiger partial charge in [-0.15, -0.1) is 6.58 Å². The van der Waals surface area contributed by atoms with Gasteiger partial charge >= 0.3 is 5.97 Å². The molecule has 0 aliphatic rings. The first-order valence-corrected chi connectivity index (χ1v) is 13.1. The molecule has 0 N–H and O–H groups in total. The number of nitrogens with zero attached hydrogens (tertiary/aromatic N) is 3. The molecular weight excluding hydrogens is 538 g/mol. The van der Waals surface area contributed by atoms with E-state index in [1.54, 1.807) is 50.4 Å². The first kappa shape index (κ1) is 28.2. The smallest absolute Gasteiger partial charge is 0.346 e. The number of para-hydroxylation sites is 1. The Kier molecular flexibility index (Phi) is 8.05. The minimum atomic E-state index is -0.862. The number of ether oxygens (including phenoxy) is 4. The second kappa shape index (κ2) is 12.0. The summed E-state index contributed by atoms with van der Waals surface area (Å²) in [6.07, 6.45) is 2.79. The van der Waals surface area contributed by atoms with Crippen LogP contribution in [-0.2, 0) is 16.0 Å². The maximum absolute atomic E-state index is 13.7. The predicted octanol–water partition coefficient (Wildman–Crippen LogP) is 5.38. The summed E-state index contributed by atoms with van der Waals surface area (Å²) in [6.45, 7) is 5.42. The number of allylic oxidation sites excluding steroid dienone is 1. The molecule has 10 heteroatoms. The van der Waals surface area contributed by atoms with Crippen molar-refractivity contribution in [2.45, 2.75) is 19.4 Å². The lowest BCUT2D eigenvalue weighted by atomic mass is 10.1. The Hall–Kier alpha value is -5.38. The molecule has 214 valence electrons. The van der Waals surface area contributed by atoms with Crippen molar-refractivity contribution in [1.29, 1.82) is 0 Å². The molecule has 0 radical (unpaired) electrons. The molecule has 5 rings (SSSR count). The molecular formula is C32H29N3O7. The van der Waals surface area contributed by atoms with E-state index in [2.05, 4.69) is 11.7 Å². The molecule has 2 aromatic heterocycles. The third-order valence-corrected chi connectivity index (χ3v) is 6.60. The Labute approximate surface area is 241 Å². The number of aromatic nitrogens is 2. The van der Waals surface area contributed by atoms with E-state index in [0.29, 0.717) is 57.0 Å². The molecule has 1 atom stereocenters. The van der Waals surface area contributed by atoms with Crippen molar-refractivity contribution in [2.24, 2.45) is 5.10 Å². The Balaban J connectivity index is 1.65. The maximum Gasteiger partial charge on any atom is 0.346 e. The van der Waals surface area contributed by atoms with E-state index in [1.165, 1.54) is 25.1 Å². The molecule has 0 saturated heterocycles. The summed E-state index contributed by atoms with van der Waals surface area (Å²) < 4.78 is 29.1. The van der Waals surface area contributed by atoms with E-state index in [4.69, 9.17) is 28.3 Å².